The molecule has 7 heteroatoms. The van der Waals surface area contributed by atoms with Gasteiger partial charge in [0.1, 0.15) is 11.4 Å². The van der Waals surface area contributed by atoms with Gasteiger partial charge in [0.2, 0.25) is 0 Å². The summed E-state index contributed by atoms with van der Waals surface area (Å²) in [6.07, 6.45) is 9.09. The number of benzene rings is 1. The highest BCUT2D eigenvalue weighted by Crippen LogP contribution is 2.29. The van der Waals surface area contributed by atoms with Crippen LogP contribution in [0.2, 0.25) is 0 Å². The second-order valence-corrected chi connectivity index (χ2v) is 7.72. The highest BCUT2D eigenvalue weighted by atomic mass is 16.2. The number of likely N-dealkylation sites (N-methyl/N-ethyl adjacent to an activating group) is 1. The Hall–Kier alpha value is -4.31. The van der Waals surface area contributed by atoms with Crippen LogP contribution < -0.4 is 5.32 Å². The van der Waals surface area contributed by atoms with Crippen molar-refractivity contribution in [1.82, 2.24) is 20.2 Å². The van der Waals surface area contributed by atoms with Crippen LogP contribution in [-0.4, -0.2) is 39.1 Å². The Morgan fingerprint density at radius 3 is 2.03 bits per heavy atom. The second-order valence-electron chi connectivity index (χ2n) is 7.72. The summed E-state index contributed by atoms with van der Waals surface area (Å²) >= 11 is 0. The number of carbonyl (C=O) groups excluding carboxylic acids is 2. The monoisotopic (exact) mass is 423 g/mol. The third-order valence-corrected chi connectivity index (χ3v) is 5.52. The number of aromatic nitrogens is 2. The van der Waals surface area contributed by atoms with E-state index in [2.05, 4.69) is 15.3 Å². The first-order valence-corrected chi connectivity index (χ1v) is 10.1. The first kappa shape index (κ1) is 20.9. The lowest BCUT2D eigenvalue weighted by atomic mass is 9.85. The van der Waals surface area contributed by atoms with Crippen molar-refractivity contribution < 1.29 is 9.59 Å². The van der Waals surface area contributed by atoms with Gasteiger partial charge in [-0.25, -0.2) is 0 Å². The quantitative estimate of drug-likeness (QED) is 0.483. The normalized spacial score (nSPS) is 15.9. The third kappa shape index (κ3) is 4.25. The molecule has 0 atom stereocenters. The summed E-state index contributed by atoms with van der Waals surface area (Å²) in [7, 11) is 1.66. The Kier molecular flexibility index (Phi) is 5.77. The number of hydrogen-bond acceptors (Lipinski definition) is 6. The fraction of sp³-hybridized carbons (Fsp3) is 0.160. The summed E-state index contributed by atoms with van der Waals surface area (Å²) < 4.78 is 0. The van der Waals surface area contributed by atoms with Crippen molar-refractivity contribution in [1.29, 1.82) is 5.26 Å². The van der Waals surface area contributed by atoms with E-state index in [0.29, 0.717) is 29.8 Å². The molecule has 2 aromatic heterocycles. The minimum atomic E-state index is -0.950. The maximum absolute atomic E-state index is 13.5. The Bertz CT molecular complexity index is 1160. The van der Waals surface area contributed by atoms with Crippen LogP contribution in [0.1, 0.15) is 27.0 Å². The fourth-order valence-electron chi connectivity index (χ4n) is 3.86. The molecule has 3 aromatic rings. The summed E-state index contributed by atoms with van der Waals surface area (Å²) in [5, 5.41) is 12.3. The average Bonchev–Trinajstić information content (AvgIpc) is 3.04. The van der Waals surface area contributed by atoms with Gasteiger partial charge < -0.3 is 5.32 Å². The summed E-state index contributed by atoms with van der Waals surface area (Å²) in [5.74, 6) is 0.0673. The second kappa shape index (κ2) is 8.82. The molecule has 7 nitrogen and oxygen atoms in total. The number of nitriles is 1. The van der Waals surface area contributed by atoms with Crippen LogP contribution in [0, 0.1) is 11.3 Å². The molecule has 0 radical (unpaired) electrons. The number of ketones is 1. The van der Waals surface area contributed by atoms with E-state index in [-0.39, 0.29) is 11.7 Å². The number of carbonyl (C=O) groups is 2. The molecular weight excluding hydrogens is 402 g/mol. The molecule has 3 heterocycles. The molecule has 32 heavy (non-hydrogen) atoms. The highest BCUT2D eigenvalue weighted by molar-refractivity contribution is 6.06. The van der Waals surface area contributed by atoms with Gasteiger partial charge in [-0.2, -0.15) is 5.26 Å². The highest BCUT2D eigenvalue weighted by Gasteiger charge is 2.47. The van der Waals surface area contributed by atoms with E-state index in [9.17, 15) is 9.59 Å². The lowest BCUT2D eigenvalue weighted by Crippen LogP contribution is -2.50. The van der Waals surface area contributed by atoms with E-state index in [1.165, 1.54) is 11.0 Å². The smallest absolute Gasteiger partial charge is 0.254 e. The van der Waals surface area contributed by atoms with Gasteiger partial charge in [0, 0.05) is 56.3 Å². The number of pyridine rings is 2. The molecule has 1 aromatic carbocycles. The SMILES string of the molecule is CN1C(=O)C(Cc2ccncc2)(Cc2ccncc2)NC1=CC(=O)c1ccc(C#N)cc1. The zero-order valence-corrected chi connectivity index (χ0v) is 17.5. The first-order valence-electron chi connectivity index (χ1n) is 10.1. The summed E-state index contributed by atoms with van der Waals surface area (Å²) in [6, 6.07) is 16.0. The predicted octanol–water partition coefficient (Wildman–Crippen LogP) is 2.66. The van der Waals surface area contributed by atoms with Gasteiger partial charge in [-0.3, -0.25) is 24.5 Å². The van der Waals surface area contributed by atoms with Crippen molar-refractivity contribution in [3.63, 3.8) is 0 Å². The summed E-state index contributed by atoms with van der Waals surface area (Å²) in [5.41, 5.74) is 1.90. The molecule has 0 spiro atoms. The van der Waals surface area contributed by atoms with Crippen LogP contribution in [-0.2, 0) is 17.6 Å². The van der Waals surface area contributed by atoms with Crippen molar-refractivity contribution >= 4 is 11.7 Å². The lowest BCUT2D eigenvalue weighted by Gasteiger charge is -2.27. The number of amides is 1. The van der Waals surface area contributed by atoms with Gasteiger partial charge >= 0.3 is 0 Å². The number of nitrogens with one attached hydrogen (secondary N) is 1. The Balaban J connectivity index is 1.67. The first-order chi connectivity index (χ1) is 15.5. The van der Waals surface area contributed by atoms with Gasteiger partial charge in [-0.05, 0) is 59.7 Å². The molecule has 1 aliphatic heterocycles. The molecule has 4 rings (SSSR count). The van der Waals surface area contributed by atoms with Crippen LogP contribution in [0.15, 0.2) is 85.2 Å². The van der Waals surface area contributed by atoms with E-state index in [1.54, 1.807) is 56.1 Å². The van der Waals surface area contributed by atoms with Crippen molar-refractivity contribution in [3.8, 4) is 6.07 Å². The van der Waals surface area contributed by atoms with Crippen molar-refractivity contribution in [2.45, 2.75) is 18.4 Å². The van der Waals surface area contributed by atoms with E-state index < -0.39 is 5.54 Å². The van der Waals surface area contributed by atoms with E-state index in [0.717, 1.165) is 11.1 Å². The molecule has 0 bridgehead atoms. The largest absolute Gasteiger partial charge is 0.357 e. The maximum atomic E-state index is 13.5. The molecule has 0 unspecified atom stereocenters. The minimum absolute atomic E-state index is 0.120. The number of allylic oxidation sites excluding steroid dienone is 1. The van der Waals surface area contributed by atoms with Gasteiger partial charge in [0.25, 0.3) is 5.91 Å². The van der Waals surface area contributed by atoms with E-state index >= 15 is 0 Å². The lowest BCUT2D eigenvalue weighted by molar-refractivity contribution is -0.130. The summed E-state index contributed by atoms with van der Waals surface area (Å²) in [4.78, 5) is 35.9. The van der Waals surface area contributed by atoms with Crippen LogP contribution in [0.5, 0.6) is 0 Å². The number of hydrogen-bond donors (Lipinski definition) is 1. The van der Waals surface area contributed by atoms with Gasteiger partial charge in [0.15, 0.2) is 5.78 Å². The molecule has 1 aliphatic rings. The standard InChI is InChI=1S/C25H21N5O2/c1-30-23(14-22(31)21-4-2-20(17-26)3-5-21)29-25(24(30)32,15-18-6-10-27-11-7-18)16-19-8-12-28-13-9-19/h2-14,29H,15-16H2,1H3. The Labute approximate surface area is 186 Å². The van der Waals surface area contributed by atoms with Crippen LogP contribution >= 0.6 is 0 Å². The Morgan fingerprint density at radius 1 is 1.00 bits per heavy atom. The van der Waals surface area contributed by atoms with Crippen molar-refractivity contribution in [3.05, 3.63) is 107 Å². The molecule has 158 valence electrons. The molecule has 0 aliphatic carbocycles. The predicted molar refractivity (Wildman–Crippen MR) is 118 cm³/mol. The van der Waals surface area contributed by atoms with Crippen molar-refractivity contribution in [2.24, 2.45) is 0 Å². The summed E-state index contributed by atoms with van der Waals surface area (Å²) in [6.45, 7) is 0. The van der Waals surface area contributed by atoms with Crippen LogP contribution in [0.25, 0.3) is 0 Å². The third-order valence-electron chi connectivity index (χ3n) is 5.52. The number of rotatable bonds is 6. The maximum Gasteiger partial charge on any atom is 0.254 e. The zero-order chi connectivity index (χ0) is 22.6. The van der Waals surface area contributed by atoms with Crippen LogP contribution in [0.3, 0.4) is 0 Å². The van der Waals surface area contributed by atoms with Gasteiger partial charge in [-0.1, -0.05) is 0 Å². The van der Waals surface area contributed by atoms with Gasteiger partial charge in [-0.15, -0.1) is 0 Å². The fourth-order valence-corrected chi connectivity index (χ4v) is 3.86. The van der Waals surface area contributed by atoms with Crippen molar-refractivity contribution in [2.75, 3.05) is 7.05 Å². The van der Waals surface area contributed by atoms with Crippen LogP contribution in [0.4, 0.5) is 0 Å². The Morgan fingerprint density at radius 2 is 1.53 bits per heavy atom. The topological polar surface area (TPSA) is 99.0 Å². The molecule has 1 fully saturated rings. The molecule has 1 amide bonds. The molecule has 1 N–H and O–H groups in total. The van der Waals surface area contributed by atoms with E-state index in [4.69, 9.17) is 5.26 Å². The number of nitrogens with zero attached hydrogens (tertiary/aromatic N) is 4. The minimum Gasteiger partial charge on any atom is -0.357 e. The molecule has 0 saturated carbocycles. The molecular formula is C25H21N5O2. The average molecular weight is 423 g/mol. The zero-order valence-electron chi connectivity index (χ0n) is 17.5. The van der Waals surface area contributed by atoms with Gasteiger partial charge in [0.05, 0.1) is 11.6 Å². The molecule has 1 saturated heterocycles. The van der Waals surface area contributed by atoms with E-state index in [1.807, 2.05) is 30.3 Å².